The Morgan fingerprint density at radius 1 is 1.38 bits per heavy atom. The van der Waals surface area contributed by atoms with Crippen LogP contribution in [0.3, 0.4) is 0 Å². The van der Waals surface area contributed by atoms with Gasteiger partial charge in [0, 0.05) is 11.4 Å². The molecule has 1 saturated heterocycles. The maximum Gasteiger partial charge on any atom is 0.217 e. The predicted octanol–water partition coefficient (Wildman–Crippen LogP) is 3.00. The van der Waals surface area contributed by atoms with E-state index in [1.165, 1.54) is 24.1 Å². The largest absolute Gasteiger partial charge is 0.284 e. The summed E-state index contributed by atoms with van der Waals surface area (Å²) in [5.74, 6) is 0.814. The lowest BCUT2D eigenvalue weighted by Gasteiger charge is -2.31. The van der Waals surface area contributed by atoms with Gasteiger partial charge in [-0.05, 0) is 59.4 Å². The third-order valence-electron chi connectivity index (χ3n) is 4.10. The van der Waals surface area contributed by atoms with E-state index in [4.69, 9.17) is 12.2 Å². The molecule has 1 unspecified atom stereocenters. The molecule has 0 aromatic carbocycles. The Bertz CT molecular complexity index is 616. The van der Waals surface area contributed by atoms with Gasteiger partial charge in [0.25, 0.3) is 0 Å². The van der Waals surface area contributed by atoms with Crippen LogP contribution in [0.5, 0.6) is 0 Å². The molecule has 0 spiro atoms. The molecule has 1 aliphatic rings. The van der Waals surface area contributed by atoms with E-state index in [1.54, 1.807) is 11.3 Å². The number of nitrogens with zero attached hydrogens (tertiary/aromatic N) is 5. The first-order valence-corrected chi connectivity index (χ1v) is 8.80. The van der Waals surface area contributed by atoms with Crippen LogP contribution in [0.15, 0.2) is 17.5 Å². The molecule has 2 aromatic heterocycles. The van der Waals surface area contributed by atoms with Crippen LogP contribution in [-0.2, 0) is 13.2 Å². The number of hydrogen-bond donors (Lipinski definition) is 0. The van der Waals surface area contributed by atoms with E-state index in [2.05, 4.69) is 33.7 Å². The zero-order valence-corrected chi connectivity index (χ0v) is 13.9. The van der Waals surface area contributed by atoms with Crippen molar-refractivity contribution in [2.45, 2.75) is 39.4 Å². The molecule has 7 heteroatoms. The monoisotopic (exact) mass is 323 g/mol. The minimum atomic E-state index is 0.710. The lowest BCUT2D eigenvalue weighted by molar-refractivity contribution is 0.128. The van der Waals surface area contributed by atoms with E-state index < -0.39 is 0 Å². The summed E-state index contributed by atoms with van der Waals surface area (Å²) in [5, 5.41) is 10.5. The van der Waals surface area contributed by atoms with Crippen molar-refractivity contribution in [3.05, 3.63) is 27.2 Å². The van der Waals surface area contributed by atoms with Gasteiger partial charge in [-0.2, -0.15) is 0 Å². The Labute approximate surface area is 134 Å². The first-order chi connectivity index (χ1) is 10.3. The number of hydrogen-bond acceptors (Lipinski definition) is 5. The van der Waals surface area contributed by atoms with Crippen LogP contribution < -0.4 is 0 Å². The van der Waals surface area contributed by atoms with Gasteiger partial charge in [-0.1, -0.05) is 19.4 Å². The fourth-order valence-electron chi connectivity index (χ4n) is 2.85. The molecule has 0 radical (unpaired) electrons. The molecule has 1 fully saturated rings. The summed E-state index contributed by atoms with van der Waals surface area (Å²) >= 11 is 7.22. The Morgan fingerprint density at radius 3 is 3.00 bits per heavy atom. The number of thiophene rings is 1. The van der Waals surface area contributed by atoms with Gasteiger partial charge in [-0.3, -0.25) is 4.90 Å². The van der Waals surface area contributed by atoms with Crippen molar-refractivity contribution in [1.29, 1.82) is 0 Å². The molecule has 5 nitrogen and oxygen atoms in total. The van der Waals surface area contributed by atoms with Crippen molar-refractivity contribution in [3.63, 3.8) is 0 Å². The first-order valence-electron chi connectivity index (χ1n) is 7.51. The third kappa shape index (κ3) is 3.59. The summed E-state index contributed by atoms with van der Waals surface area (Å²) in [6.45, 7) is 6.04. The van der Waals surface area contributed by atoms with Crippen LogP contribution in [0.25, 0.3) is 0 Å². The minimum absolute atomic E-state index is 0.710. The topological polar surface area (TPSA) is 38.9 Å². The van der Waals surface area contributed by atoms with Crippen molar-refractivity contribution in [2.24, 2.45) is 5.92 Å². The number of likely N-dealkylation sites (tertiary alicyclic amines) is 1. The Morgan fingerprint density at radius 2 is 2.24 bits per heavy atom. The van der Waals surface area contributed by atoms with Gasteiger partial charge in [-0.25, -0.2) is 9.36 Å². The average molecular weight is 323 g/mol. The zero-order chi connectivity index (χ0) is 14.7. The zero-order valence-electron chi connectivity index (χ0n) is 12.3. The third-order valence-corrected chi connectivity index (χ3v) is 5.38. The van der Waals surface area contributed by atoms with Gasteiger partial charge in [0.2, 0.25) is 4.77 Å². The molecule has 3 heterocycles. The van der Waals surface area contributed by atoms with E-state index in [-0.39, 0.29) is 0 Å². The van der Waals surface area contributed by atoms with Gasteiger partial charge >= 0.3 is 0 Å². The Hall–Kier alpha value is -1.05. The normalized spacial score (nSPS) is 20.0. The summed E-state index contributed by atoms with van der Waals surface area (Å²) in [4.78, 5) is 3.69. The summed E-state index contributed by atoms with van der Waals surface area (Å²) < 4.78 is 4.37. The van der Waals surface area contributed by atoms with Gasteiger partial charge in [0.05, 0.1) is 13.2 Å². The first kappa shape index (κ1) is 14.9. The van der Waals surface area contributed by atoms with Crippen molar-refractivity contribution < 1.29 is 0 Å². The summed E-state index contributed by atoms with van der Waals surface area (Å²) in [5.41, 5.74) is 0. The predicted molar refractivity (Wildman–Crippen MR) is 86.9 cm³/mol. The van der Waals surface area contributed by atoms with E-state index in [0.29, 0.717) is 11.3 Å². The second kappa shape index (κ2) is 6.81. The molecule has 3 rings (SSSR count). The lowest BCUT2D eigenvalue weighted by Crippen LogP contribution is -2.36. The van der Waals surface area contributed by atoms with Crippen LogP contribution in [0.2, 0.25) is 0 Å². The highest BCUT2D eigenvalue weighted by molar-refractivity contribution is 7.71. The standard InChI is InChI=1S/C14H21N5S2/c1-2-12-5-3-7-17(9-12)11-19-14(20)18(15-16-19)10-13-6-4-8-21-13/h4,6,8,12H,2-3,5,7,9-11H2,1H3. The van der Waals surface area contributed by atoms with Crippen molar-refractivity contribution >= 4 is 23.6 Å². The number of aromatic nitrogens is 4. The number of tetrazole rings is 1. The fourth-order valence-corrected chi connectivity index (χ4v) is 3.73. The van der Waals surface area contributed by atoms with Crippen LogP contribution >= 0.6 is 23.6 Å². The van der Waals surface area contributed by atoms with E-state index >= 15 is 0 Å². The molecule has 0 saturated carbocycles. The molecular formula is C14H21N5S2. The molecule has 114 valence electrons. The number of piperidine rings is 1. The quantitative estimate of drug-likeness (QED) is 0.793. The summed E-state index contributed by atoms with van der Waals surface area (Å²) in [6.07, 6.45) is 3.88. The minimum Gasteiger partial charge on any atom is -0.284 e. The van der Waals surface area contributed by atoms with Crippen LogP contribution in [0, 0.1) is 10.7 Å². The summed E-state index contributed by atoms with van der Waals surface area (Å²) in [6, 6.07) is 4.15. The molecule has 21 heavy (non-hydrogen) atoms. The molecule has 0 aliphatic carbocycles. The molecular weight excluding hydrogens is 302 g/mol. The molecule has 2 aromatic rings. The van der Waals surface area contributed by atoms with Crippen LogP contribution in [0.4, 0.5) is 0 Å². The fraction of sp³-hybridized carbons (Fsp3) is 0.643. The smallest absolute Gasteiger partial charge is 0.217 e. The SMILES string of the molecule is CCC1CCCN(Cn2nnn(Cc3cccs3)c2=S)C1. The second-order valence-electron chi connectivity index (χ2n) is 5.63. The molecule has 1 aliphatic heterocycles. The summed E-state index contributed by atoms with van der Waals surface area (Å²) in [7, 11) is 0. The molecule has 0 N–H and O–H groups in total. The van der Waals surface area contributed by atoms with Crippen LogP contribution in [0.1, 0.15) is 31.1 Å². The maximum absolute atomic E-state index is 5.50. The maximum atomic E-state index is 5.50. The highest BCUT2D eigenvalue weighted by atomic mass is 32.1. The van der Waals surface area contributed by atoms with Gasteiger partial charge < -0.3 is 0 Å². The highest BCUT2D eigenvalue weighted by Crippen LogP contribution is 2.19. The molecule has 0 bridgehead atoms. The molecule has 0 amide bonds. The van der Waals surface area contributed by atoms with Crippen molar-refractivity contribution in [3.8, 4) is 0 Å². The van der Waals surface area contributed by atoms with Gasteiger partial charge in [0.15, 0.2) is 0 Å². The Balaban J connectivity index is 1.66. The van der Waals surface area contributed by atoms with Crippen LogP contribution in [-0.4, -0.2) is 37.8 Å². The van der Waals surface area contributed by atoms with E-state index in [1.807, 2.05) is 15.4 Å². The van der Waals surface area contributed by atoms with Gasteiger partial charge in [0.1, 0.15) is 0 Å². The molecule has 1 atom stereocenters. The average Bonchev–Trinajstić information content (AvgIpc) is 3.13. The van der Waals surface area contributed by atoms with E-state index in [9.17, 15) is 0 Å². The number of rotatable bonds is 5. The van der Waals surface area contributed by atoms with E-state index in [0.717, 1.165) is 25.7 Å². The van der Waals surface area contributed by atoms with Gasteiger partial charge in [-0.15, -0.1) is 11.3 Å². The Kier molecular flexibility index (Phi) is 4.82. The lowest BCUT2D eigenvalue weighted by atomic mass is 9.96. The van der Waals surface area contributed by atoms with Crippen molar-refractivity contribution in [1.82, 2.24) is 24.7 Å². The second-order valence-corrected chi connectivity index (χ2v) is 7.03. The van der Waals surface area contributed by atoms with Crippen molar-refractivity contribution in [2.75, 3.05) is 13.1 Å². The highest BCUT2D eigenvalue weighted by Gasteiger charge is 2.19.